The van der Waals surface area contributed by atoms with Crippen molar-refractivity contribution in [3.05, 3.63) is 28.3 Å². The smallest absolute Gasteiger partial charge is 0.344 e. The number of amides is 1. The van der Waals surface area contributed by atoms with Crippen LogP contribution in [0.3, 0.4) is 0 Å². The fraction of sp³-hybridized carbons (Fsp3) is 0.619. The van der Waals surface area contributed by atoms with Crippen molar-refractivity contribution in [3.8, 4) is 5.75 Å². The van der Waals surface area contributed by atoms with Gasteiger partial charge in [-0.3, -0.25) is 4.79 Å². The SMILES string of the molecule is Cc1cc(OCC(=O)OCC(=O)N[C@H]2CCCC[C@H]2C)c(C(C)C)cc1Cl. The topological polar surface area (TPSA) is 64.6 Å². The maximum Gasteiger partial charge on any atom is 0.344 e. The van der Waals surface area contributed by atoms with Gasteiger partial charge in [0.1, 0.15) is 5.75 Å². The van der Waals surface area contributed by atoms with Gasteiger partial charge in [0.05, 0.1) is 0 Å². The molecule has 1 aromatic rings. The van der Waals surface area contributed by atoms with E-state index in [2.05, 4.69) is 12.2 Å². The quantitative estimate of drug-likeness (QED) is 0.695. The van der Waals surface area contributed by atoms with Gasteiger partial charge in [-0.15, -0.1) is 0 Å². The van der Waals surface area contributed by atoms with Crippen LogP contribution in [0.4, 0.5) is 0 Å². The molecule has 0 bridgehead atoms. The lowest BCUT2D eigenvalue weighted by atomic mass is 9.86. The molecule has 1 saturated carbocycles. The standard InChI is InChI=1S/C21H30ClNO4/c1-13(2)16-10-17(22)15(4)9-19(16)26-12-21(25)27-11-20(24)23-18-8-6-5-7-14(18)3/h9-10,13-14,18H,5-8,11-12H2,1-4H3,(H,23,24)/t14-,18+/m1/s1. The van der Waals surface area contributed by atoms with Gasteiger partial charge in [0.25, 0.3) is 5.91 Å². The minimum atomic E-state index is -0.566. The summed E-state index contributed by atoms with van der Waals surface area (Å²) in [6.45, 7) is 7.57. The van der Waals surface area contributed by atoms with Crippen LogP contribution in [0.2, 0.25) is 5.02 Å². The molecule has 2 rings (SSSR count). The predicted molar refractivity (Wildman–Crippen MR) is 106 cm³/mol. The van der Waals surface area contributed by atoms with Crippen molar-refractivity contribution in [2.45, 2.75) is 65.3 Å². The zero-order valence-electron chi connectivity index (χ0n) is 16.6. The summed E-state index contributed by atoms with van der Waals surface area (Å²) in [6, 6.07) is 3.86. The number of rotatable bonds is 7. The number of nitrogens with one attached hydrogen (secondary N) is 1. The van der Waals surface area contributed by atoms with Crippen LogP contribution in [0.15, 0.2) is 12.1 Å². The molecular weight excluding hydrogens is 366 g/mol. The Morgan fingerprint density at radius 3 is 2.59 bits per heavy atom. The number of halogens is 1. The van der Waals surface area contributed by atoms with Crippen LogP contribution in [-0.4, -0.2) is 31.1 Å². The Hall–Kier alpha value is -1.75. The second-order valence-corrected chi connectivity index (χ2v) is 8.09. The monoisotopic (exact) mass is 395 g/mol. The molecule has 0 aliphatic heterocycles. The largest absolute Gasteiger partial charge is 0.482 e. The molecule has 1 aliphatic carbocycles. The van der Waals surface area contributed by atoms with Crippen molar-refractivity contribution >= 4 is 23.5 Å². The highest BCUT2D eigenvalue weighted by molar-refractivity contribution is 6.31. The van der Waals surface area contributed by atoms with Gasteiger partial charge in [-0.05, 0) is 54.9 Å². The summed E-state index contributed by atoms with van der Waals surface area (Å²) in [5.74, 6) is 0.461. The summed E-state index contributed by atoms with van der Waals surface area (Å²) in [4.78, 5) is 24.0. The molecule has 6 heteroatoms. The normalized spacial score (nSPS) is 19.6. The Labute approximate surface area is 166 Å². The number of carbonyl (C=O) groups is 2. The average molecular weight is 396 g/mol. The van der Waals surface area contributed by atoms with Gasteiger partial charge >= 0.3 is 5.97 Å². The summed E-state index contributed by atoms with van der Waals surface area (Å²) < 4.78 is 10.7. The van der Waals surface area contributed by atoms with Crippen LogP contribution in [0.5, 0.6) is 5.75 Å². The number of aryl methyl sites for hydroxylation is 1. The summed E-state index contributed by atoms with van der Waals surface area (Å²) in [7, 11) is 0. The number of ether oxygens (including phenoxy) is 2. The van der Waals surface area contributed by atoms with Gasteiger partial charge in [-0.2, -0.15) is 0 Å². The fourth-order valence-electron chi connectivity index (χ4n) is 3.35. The van der Waals surface area contributed by atoms with E-state index in [1.54, 1.807) is 0 Å². The summed E-state index contributed by atoms with van der Waals surface area (Å²) in [5.41, 5.74) is 1.81. The Kier molecular flexibility index (Phi) is 7.96. The molecular formula is C21H30ClNO4. The molecule has 5 nitrogen and oxygen atoms in total. The molecule has 0 heterocycles. The van der Waals surface area contributed by atoms with Gasteiger partial charge in [0, 0.05) is 11.1 Å². The molecule has 1 amide bonds. The van der Waals surface area contributed by atoms with Crippen molar-refractivity contribution in [2.24, 2.45) is 5.92 Å². The van der Waals surface area contributed by atoms with Gasteiger partial charge in [0.2, 0.25) is 0 Å². The molecule has 1 fully saturated rings. The van der Waals surface area contributed by atoms with E-state index < -0.39 is 5.97 Å². The molecule has 2 atom stereocenters. The summed E-state index contributed by atoms with van der Waals surface area (Å²) in [6.07, 6.45) is 4.44. The molecule has 1 aliphatic rings. The van der Waals surface area contributed by atoms with Crippen LogP contribution in [0, 0.1) is 12.8 Å². The van der Waals surface area contributed by atoms with Crippen molar-refractivity contribution in [2.75, 3.05) is 13.2 Å². The second-order valence-electron chi connectivity index (χ2n) is 7.68. The van der Waals surface area contributed by atoms with E-state index in [-0.39, 0.29) is 31.1 Å². The van der Waals surface area contributed by atoms with Crippen molar-refractivity contribution < 1.29 is 19.1 Å². The van der Waals surface area contributed by atoms with Crippen LogP contribution >= 0.6 is 11.6 Å². The highest BCUT2D eigenvalue weighted by Crippen LogP contribution is 2.32. The number of benzene rings is 1. The number of carbonyl (C=O) groups excluding carboxylic acids is 2. The zero-order valence-corrected chi connectivity index (χ0v) is 17.4. The Balaban J connectivity index is 1.81. The summed E-state index contributed by atoms with van der Waals surface area (Å²) >= 11 is 6.18. The van der Waals surface area contributed by atoms with Gasteiger partial charge in [-0.1, -0.05) is 45.2 Å². The Morgan fingerprint density at radius 2 is 1.93 bits per heavy atom. The van der Waals surface area contributed by atoms with Crippen LogP contribution in [0.25, 0.3) is 0 Å². The molecule has 1 N–H and O–H groups in total. The first-order chi connectivity index (χ1) is 12.8. The van der Waals surface area contributed by atoms with E-state index in [1.165, 1.54) is 6.42 Å². The second kappa shape index (κ2) is 9.98. The predicted octanol–water partition coefficient (Wildman–Crippen LogP) is 4.39. The van der Waals surface area contributed by atoms with Crippen molar-refractivity contribution in [1.29, 1.82) is 0 Å². The Bertz CT molecular complexity index is 674. The van der Waals surface area contributed by atoms with E-state index in [0.29, 0.717) is 16.7 Å². The first kappa shape index (κ1) is 21.5. The highest BCUT2D eigenvalue weighted by atomic mass is 35.5. The molecule has 0 aromatic heterocycles. The number of hydrogen-bond acceptors (Lipinski definition) is 4. The van der Waals surface area contributed by atoms with Crippen LogP contribution in [0.1, 0.15) is 63.5 Å². The molecule has 0 saturated heterocycles. The lowest BCUT2D eigenvalue weighted by Gasteiger charge is -2.29. The van der Waals surface area contributed by atoms with Gasteiger partial charge < -0.3 is 14.8 Å². The lowest BCUT2D eigenvalue weighted by Crippen LogP contribution is -2.43. The first-order valence-electron chi connectivity index (χ1n) is 9.65. The van der Waals surface area contributed by atoms with E-state index in [1.807, 2.05) is 32.9 Å². The van der Waals surface area contributed by atoms with E-state index in [4.69, 9.17) is 21.1 Å². The van der Waals surface area contributed by atoms with E-state index in [9.17, 15) is 9.59 Å². The van der Waals surface area contributed by atoms with Crippen molar-refractivity contribution in [1.82, 2.24) is 5.32 Å². The molecule has 150 valence electrons. The third-order valence-corrected chi connectivity index (χ3v) is 5.49. The molecule has 0 unspecified atom stereocenters. The maximum atomic E-state index is 12.0. The molecule has 27 heavy (non-hydrogen) atoms. The fourth-order valence-corrected chi connectivity index (χ4v) is 3.52. The number of hydrogen-bond donors (Lipinski definition) is 1. The van der Waals surface area contributed by atoms with Gasteiger partial charge in [-0.25, -0.2) is 4.79 Å². The first-order valence-corrected chi connectivity index (χ1v) is 10.0. The van der Waals surface area contributed by atoms with Crippen molar-refractivity contribution in [3.63, 3.8) is 0 Å². The molecule has 1 aromatic carbocycles. The molecule has 0 radical (unpaired) electrons. The van der Waals surface area contributed by atoms with Gasteiger partial charge in [0.15, 0.2) is 13.2 Å². The minimum Gasteiger partial charge on any atom is -0.482 e. The third-order valence-electron chi connectivity index (χ3n) is 5.08. The maximum absolute atomic E-state index is 12.0. The van der Waals surface area contributed by atoms with Crippen LogP contribution < -0.4 is 10.1 Å². The number of esters is 1. The zero-order chi connectivity index (χ0) is 20.0. The van der Waals surface area contributed by atoms with E-state index in [0.717, 1.165) is 30.4 Å². The minimum absolute atomic E-state index is 0.173. The lowest BCUT2D eigenvalue weighted by molar-refractivity contribution is -0.150. The third kappa shape index (κ3) is 6.42. The molecule has 0 spiro atoms. The van der Waals surface area contributed by atoms with Crippen LogP contribution in [-0.2, 0) is 14.3 Å². The average Bonchev–Trinajstić information content (AvgIpc) is 2.62. The summed E-state index contributed by atoms with van der Waals surface area (Å²) in [5, 5.41) is 3.63. The highest BCUT2D eigenvalue weighted by Gasteiger charge is 2.23. The Morgan fingerprint density at radius 1 is 1.22 bits per heavy atom. The van der Waals surface area contributed by atoms with E-state index >= 15 is 0 Å².